The van der Waals surface area contributed by atoms with Gasteiger partial charge in [0, 0.05) is 54.7 Å². The van der Waals surface area contributed by atoms with Crippen LogP contribution in [0.4, 0.5) is 10.5 Å². The Kier molecular flexibility index (Phi) is 3.93. The molecule has 0 fully saturated rings. The van der Waals surface area contributed by atoms with E-state index >= 15 is 0 Å². The lowest BCUT2D eigenvalue weighted by Gasteiger charge is -2.28. The molecule has 4 rings (SSSR count). The van der Waals surface area contributed by atoms with Crippen LogP contribution < -0.4 is 10.1 Å². The van der Waals surface area contributed by atoms with Crippen LogP contribution in [-0.2, 0) is 13.0 Å². The second-order valence-electron chi connectivity index (χ2n) is 6.00. The minimum atomic E-state index is -0.120. The molecule has 2 amide bonds. The van der Waals surface area contributed by atoms with Crippen LogP contribution in [0.5, 0.6) is 5.75 Å². The highest BCUT2D eigenvalue weighted by molar-refractivity contribution is 5.90. The number of carbonyl (C=O) groups excluding carboxylic acids is 1. The van der Waals surface area contributed by atoms with Gasteiger partial charge in [-0.25, -0.2) is 4.79 Å². The van der Waals surface area contributed by atoms with Crippen LogP contribution in [0.3, 0.4) is 0 Å². The molecule has 25 heavy (non-hydrogen) atoms. The SMILES string of the molecule is COc1cccc(NC(=O)N2CCc3nc4ccncc4cc3C2)c1. The molecule has 0 radical (unpaired) electrons. The van der Waals surface area contributed by atoms with Crippen molar-refractivity contribution in [3.8, 4) is 5.75 Å². The zero-order chi connectivity index (χ0) is 17.2. The fraction of sp³-hybridized carbons (Fsp3) is 0.211. The van der Waals surface area contributed by atoms with Crippen molar-refractivity contribution >= 4 is 22.6 Å². The van der Waals surface area contributed by atoms with E-state index in [-0.39, 0.29) is 6.03 Å². The number of hydrogen-bond donors (Lipinski definition) is 1. The van der Waals surface area contributed by atoms with Crippen molar-refractivity contribution in [3.05, 3.63) is 60.0 Å². The van der Waals surface area contributed by atoms with Crippen LogP contribution in [-0.4, -0.2) is 34.6 Å². The number of fused-ring (bicyclic) bond motifs is 2. The Hall–Kier alpha value is -3.15. The predicted octanol–water partition coefficient (Wildman–Crippen LogP) is 3.23. The number of aromatic nitrogens is 2. The molecule has 6 heteroatoms. The first-order valence-electron chi connectivity index (χ1n) is 8.15. The Bertz CT molecular complexity index is 942. The molecule has 0 aliphatic carbocycles. The molecule has 1 aromatic carbocycles. The number of methoxy groups -OCH3 is 1. The van der Waals surface area contributed by atoms with Gasteiger partial charge in [0.15, 0.2) is 0 Å². The molecular formula is C19H18N4O2. The number of urea groups is 1. The van der Waals surface area contributed by atoms with Gasteiger partial charge in [-0.3, -0.25) is 9.97 Å². The number of pyridine rings is 2. The summed E-state index contributed by atoms with van der Waals surface area (Å²) in [7, 11) is 1.61. The number of ether oxygens (including phenoxy) is 1. The highest BCUT2D eigenvalue weighted by atomic mass is 16.5. The summed E-state index contributed by atoms with van der Waals surface area (Å²) in [6, 6.07) is 11.2. The Morgan fingerprint density at radius 3 is 3.08 bits per heavy atom. The summed E-state index contributed by atoms with van der Waals surface area (Å²) in [5.41, 5.74) is 3.80. The molecule has 1 aliphatic rings. The second kappa shape index (κ2) is 6.39. The monoisotopic (exact) mass is 334 g/mol. The number of hydrogen-bond acceptors (Lipinski definition) is 4. The third kappa shape index (κ3) is 3.10. The number of anilines is 1. The summed E-state index contributed by atoms with van der Waals surface area (Å²) >= 11 is 0. The summed E-state index contributed by atoms with van der Waals surface area (Å²) in [5, 5.41) is 3.93. The number of carbonyl (C=O) groups is 1. The lowest BCUT2D eigenvalue weighted by Crippen LogP contribution is -2.39. The van der Waals surface area contributed by atoms with Gasteiger partial charge < -0.3 is 15.0 Å². The smallest absolute Gasteiger partial charge is 0.322 e. The van der Waals surface area contributed by atoms with E-state index in [9.17, 15) is 4.79 Å². The van der Waals surface area contributed by atoms with Crippen LogP contribution >= 0.6 is 0 Å². The molecule has 0 unspecified atom stereocenters. The number of nitrogens with one attached hydrogen (secondary N) is 1. The quantitative estimate of drug-likeness (QED) is 0.781. The molecule has 126 valence electrons. The van der Waals surface area contributed by atoms with Gasteiger partial charge in [0.25, 0.3) is 0 Å². The standard InChI is InChI=1S/C19H18N4O2/c1-25-16-4-2-3-15(10-16)21-19(24)23-8-6-18-14(12-23)9-13-11-20-7-5-17(13)22-18/h2-5,7,9-11H,6,8,12H2,1H3,(H,21,24). The van der Waals surface area contributed by atoms with E-state index in [0.29, 0.717) is 18.8 Å². The molecule has 3 aromatic rings. The van der Waals surface area contributed by atoms with Gasteiger partial charge in [-0.2, -0.15) is 0 Å². The molecular weight excluding hydrogens is 316 g/mol. The highest BCUT2D eigenvalue weighted by Crippen LogP contribution is 2.23. The summed E-state index contributed by atoms with van der Waals surface area (Å²) in [6.07, 6.45) is 4.30. The van der Waals surface area contributed by atoms with E-state index < -0.39 is 0 Å². The van der Waals surface area contributed by atoms with Gasteiger partial charge in [-0.15, -0.1) is 0 Å². The predicted molar refractivity (Wildman–Crippen MR) is 95.7 cm³/mol. The van der Waals surface area contributed by atoms with Gasteiger partial charge in [-0.1, -0.05) is 6.07 Å². The van der Waals surface area contributed by atoms with Crippen molar-refractivity contribution in [3.63, 3.8) is 0 Å². The topological polar surface area (TPSA) is 67.3 Å². The molecule has 3 heterocycles. The Morgan fingerprint density at radius 2 is 2.20 bits per heavy atom. The van der Waals surface area contributed by atoms with Crippen LogP contribution in [0.15, 0.2) is 48.8 Å². The summed E-state index contributed by atoms with van der Waals surface area (Å²) in [4.78, 5) is 23.2. The summed E-state index contributed by atoms with van der Waals surface area (Å²) in [5.74, 6) is 0.713. The molecule has 0 bridgehead atoms. The second-order valence-corrected chi connectivity index (χ2v) is 6.00. The Labute approximate surface area is 145 Å². The van der Waals surface area contributed by atoms with Crippen molar-refractivity contribution in [2.45, 2.75) is 13.0 Å². The maximum absolute atomic E-state index is 12.6. The van der Waals surface area contributed by atoms with Crippen molar-refractivity contribution in [2.75, 3.05) is 19.0 Å². The first-order chi connectivity index (χ1) is 12.2. The first-order valence-corrected chi connectivity index (χ1v) is 8.15. The fourth-order valence-corrected chi connectivity index (χ4v) is 3.06. The normalized spacial score (nSPS) is 13.4. The summed E-state index contributed by atoms with van der Waals surface area (Å²) < 4.78 is 5.19. The van der Waals surface area contributed by atoms with Gasteiger partial charge in [-0.05, 0) is 29.8 Å². The third-order valence-corrected chi connectivity index (χ3v) is 4.37. The van der Waals surface area contributed by atoms with Gasteiger partial charge in [0.05, 0.1) is 12.6 Å². The average Bonchev–Trinajstić information content (AvgIpc) is 2.66. The number of benzene rings is 1. The average molecular weight is 334 g/mol. The number of rotatable bonds is 2. The van der Waals surface area contributed by atoms with Crippen LogP contribution in [0.1, 0.15) is 11.3 Å². The van der Waals surface area contributed by atoms with E-state index in [1.165, 1.54) is 0 Å². The molecule has 0 spiro atoms. The Morgan fingerprint density at radius 1 is 1.28 bits per heavy atom. The van der Waals surface area contributed by atoms with Gasteiger partial charge >= 0.3 is 6.03 Å². The fourth-order valence-electron chi connectivity index (χ4n) is 3.06. The van der Waals surface area contributed by atoms with E-state index in [1.807, 2.05) is 24.3 Å². The minimum absolute atomic E-state index is 0.120. The molecule has 1 aliphatic heterocycles. The largest absolute Gasteiger partial charge is 0.497 e. The lowest BCUT2D eigenvalue weighted by atomic mass is 10.0. The van der Waals surface area contributed by atoms with Gasteiger partial charge in [0.1, 0.15) is 5.75 Å². The molecule has 1 N–H and O–H groups in total. The zero-order valence-corrected chi connectivity index (χ0v) is 13.9. The van der Waals surface area contributed by atoms with Crippen LogP contribution in [0, 0.1) is 0 Å². The molecule has 2 aromatic heterocycles. The van der Waals surface area contributed by atoms with Crippen molar-refractivity contribution in [1.29, 1.82) is 0 Å². The first kappa shape index (κ1) is 15.4. The molecule has 0 atom stereocenters. The van der Waals surface area contributed by atoms with E-state index in [1.54, 1.807) is 30.5 Å². The maximum atomic E-state index is 12.6. The molecule has 0 saturated carbocycles. The lowest BCUT2D eigenvalue weighted by molar-refractivity contribution is 0.206. The number of nitrogens with zero attached hydrogens (tertiary/aromatic N) is 3. The summed E-state index contributed by atoms with van der Waals surface area (Å²) in [6.45, 7) is 1.19. The highest BCUT2D eigenvalue weighted by Gasteiger charge is 2.22. The van der Waals surface area contributed by atoms with E-state index in [4.69, 9.17) is 9.72 Å². The third-order valence-electron chi connectivity index (χ3n) is 4.37. The number of amides is 2. The van der Waals surface area contributed by atoms with Gasteiger partial charge in [0.2, 0.25) is 0 Å². The van der Waals surface area contributed by atoms with E-state index in [0.717, 1.165) is 34.3 Å². The maximum Gasteiger partial charge on any atom is 0.322 e. The van der Waals surface area contributed by atoms with Crippen LogP contribution in [0.25, 0.3) is 10.9 Å². The van der Waals surface area contributed by atoms with Crippen molar-refractivity contribution in [1.82, 2.24) is 14.9 Å². The zero-order valence-electron chi connectivity index (χ0n) is 13.9. The minimum Gasteiger partial charge on any atom is -0.497 e. The molecule has 0 saturated heterocycles. The van der Waals surface area contributed by atoms with Crippen LogP contribution in [0.2, 0.25) is 0 Å². The Balaban J connectivity index is 1.53. The van der Waals surface area contributed by atoms with Crippen molar-refractivity contribution < 1.29 is 9.53 Å². The molecule has 6 nitrogen and oxygen atoms in total. The van der Waals surface area contributed by atoms with Crippen molar-refractivity contribution in [2.24, 2.45) is 0 Å². The van der Waals surface area contributed by atoms with E-state index in [2.05, 4.69) is 16.4 Å².